The van der Waals surface area contributed by atoms with Crippen molar-refractivity contribution in [2.24, 2.45) is 0 Å². The summed E-state index contributed by atoms with van der Waals surface area (Å²) in [7, 11) is 0. The summed E-state index contributed by atoms with van der Waals surface area (Å²) in [4.78, 5) is 10.9. The first kappa shape index (κ1) is 13.7. The number of halogens is 1. The lowest BCUT2D eigenvalue weighted by molar-refractivity contribution is -0.114. The fourth-order valence-electron chi connectivity index (χ4n) is 1.78. The van der Waals surface area contributed by atoms with Crippen molar-refractivity contribution in [3.8, 4) is 0 Å². The van der Waals surface area contributed by atoms with Gasteiger partial charge in [0, 0.05) is 18.3 Å². The predicted molar refractivity (Wildman–Crippen MR) is 79.2 cm³/mol. The van der Waals surface area contributed by atoms with E-state index in [1.807, 2.05) is 37.3 Å². The molecule has 2 aromatic rings. The van der Waals surface area contributed by atoms with Crippen LogP contribution in [0.3, 0.4) is 0 Å². The van der Waals surface area contributed by atoms with Gasteiger partial charge in [0.1, 0.15) is 5.76 Å². The third-order valence-corrected chi connectivity index (χ3v) is 3.28. The van der Waals surface area contributed by atoms with Crippen molar-refractivity contribution >= 4 is 33.2 Å². The Bertz CT molecular complexity index is 563. The van der Waals surface area contributed by atoms with E-state index in [0.29, 0.717) is 0 Å². The summed E-state index contributed by atoms with van der Waals surface area (Å²) < 4.78 is 6.35. The van der Waals surface area contributed by atoms with Crippen LogP contribution in [-0.2, 0) is 4.79 Å². The number of rotatable bonds is 4. The van der Waals surface area contributed by atoms with Gasteiger partial charge < -0.3 is 15.1 Å². The fourth-order valence-corrected chi connectivity index (χ4v) is 2.33. The van der Waals surface area contributed by atoms with Crippen LogP contribution < -0.4 is 10.6 Å². The van der Waals surface area contributed by atoms with Gasteiger partial charge in [-0.1, -0.05) is 0 Å². The molecular weight excluding hydrogens is 308 g/mol. The van der Waals surface area contributed by atoms with Crippen molar-refractivity contribution in [1.29, 1.82) is 0 Å². The molecule has 2 N–H and O–H groups in total. The molecule has 0 bridgehead atoms. The van der Waals surface area contributed by atoms with Gasteiger partial charge in [-0.25, -0.2) is 0 Å². The second-order valence-corrected chi connectivity index (χ2v) is 5.11. The normalized spacial score (nSPS) is 11.9. The molecule has 2 rings (SSSR count). The van der Waals surface area contributed by atoms with Gasteiger partial charge in [0.25, 0.3) is 0 Å². The molecular formula is C14H15BrN2O2. The van der Waals surface area contributed by atoms with Crippen LogP contribution in [0.2, 0.25) is 0 Å². The van der Waals surface area contributed by atoms with Gasteiger partial charge in [-0.2, -0.15) is 0 Å². The van der Waals surface area contributed by atoms with Crippen molar-refractivity contribution in [2.45, 2.75) is 19.9 Å². The highest BCUT2D eigenvalue weighted by Crippen LogP contribution is 2.27. The molecule has 5 heteroatoms. The third kappa shape index (κ3) is 3.61. The Kier molecular flexibility index (Phi) is 4.27. The van der Waals surface area contributed by atoms with Gasteiger partial charge in [-0.3, -0.25) is 4.79 Å². The largest absolute Gasteiger partial charge is 0.466 e. The maximum atomic E-state index is 10.9. The molecule has 1 amide bonds. The van der Waals surface area contributed by atoms with E-state index in [4.69, 9.17) is 4.42 Å². The van der Waals surface area contributed by atoms with Gasteiger partial charge in [-0.15, -0.1) is 0 Å². The number of nitrogens with one attached hydrogen (secondary N) is 2. The lowest BCUT2D eigenvalue weighted by Gasteiger charge is -2.14. The van der Waals surface area contributed by atoms with Crippen molar-refractivity contribution in [3.05, 3.63) is 46.8 Å². The van der Waals surface area contributed by atoms with Crippen LogP contribution in [0, 0.1) is 0 Å². The Morgan fingerprint density at radius 2 is 1.84 bits per heavy atom. The number of hydrogen-bond acceptors (Lipinski definition) is 3. The van der Waals surface area contributed by atoms with Crippen LogP contribution >= 0.6 is 15.9 Å². The Morgan fingerprint density at radius 3 is 2.37 bits per heavy atom. The molecule has 0 aliphatic rings. The maximum Gasteiger partial charge on any atom is 0.221 e. The van der Waals surface area contributed by atoms with Gasteiger partial charge >= 0.3 is 0 Å². The van der Waals surface area contributed by atoms with E-state index in [-0.39, 0.29) is 11.9 Å². The number of furan rings is 1. The minimum absolute atomic E-state index is 0.0518. The van der Waals surface area contributed by atoms with E-state index < -0.39 is 0 Å². The van der Waals surface area contributed by atoms with Crippen LogP contribution in [0.4, 0.5) is 11.4 Å². The van der Waals surface area contributed by atoms with Gasteiger partial charge in [0.2, 0.25) is 5.91 Å². The second-order valence-electron chi connectivity index (χ2n) is 4.26. The molecule has 0 unspecified atom stereocenters. The minimum atomic E-state index is -0.0754. The Labute approximate surface area is 120 Å². The van der Waals surface area contributed by atoms with Crippen molar-refractivity contribution < 1.29 is 9.21 Å². The first-order valence-corrected chi connectivity index (χ1v) is 6.72. The average molecular weight is 323 g/mol. The van der Waals surface area contributed by atoms with Gasteiger partial charge in [0.05, 0.1) is 16.8 Å². The van der Waals surface area contributed by atoms with Gasteiger partial charge in [-0.05, 0) is 53.2 Å². The van der Waals surface area contributed by atoms with Crippen LogP contribution in [0.15, 0.2) is 45.5 Å². The highest BCUT2D eigenvalue weighted by atomic mass is 79.9. The molecule has 1 atom stereocenters. The van der Waals surface area contributed by atoms with Crippen LogP contribution in [0.25, 0.3) is 0 Å². The number of carbonyl (C=O) groups is 1. The summed E-state index contributed by atoms with van der Waals surface area (Å²) in [6, 6.07) is 9.46. The molecule has 0 radical (unpaired) electrons. The Hall–Kier alpha value is -1.75. The van der Waals surface area contributed by atoms with E-state index in [2.05, 4.69) is 26.6 Å². The molecule has 0 aliphatic carbocycles. The summed E-state index contributed by atoms with van der Waals surface area (Å²) in [5.74, 6) is 0.777. The van der Waals surface area contributed by atoms with Crippen molar-refractivity contribution in [2.75, 3.05) is 10.6 Å². The van der Waals surface area contributed by atoms with Crippen LogP contribution in [0.1, 0.15) is 25.6 Å². The van der Waals surface area contributed by atoms with E-state index in [1.54, 1.807) is 6.26 Å². The quantitative estimate of drug-likeness (QED) is 0.888. The number of hydrogen-bond donors (Lipinski definition) is 2. The maximum absolute atomic E-state index is 10.9. The summed E-state index contributed by atoms with van der Waals surface area (Å²) in [5, 5.41) is 6.06. The second kappa shape index (κ2) is 5.93. The number of amides is 1. The van der Waals surface area contributed by atoms with E-state index >= 15 is 0 Å². The monoisotopic (exact) mass is 322 g/mol. The number of carbonyl (C=O) groups excluding carboxylic acids is 1. The summed E-state index contributed by atoms with van der Waals surface area (Å²) in [5.41, 5.74) is 1.75. The third-order valence-electron chi connectivity index (χ3n) is 2.63. The molecule has 19 heavy (non-hydrogen) atoms. The number of anilines is 2. The highest BCUT2D eigenvalue weighted by molar-refractivity contribution is 9.10. The molecule has 1 aromatic heterocycles. The van der Waals surface area contributed by atoms with Gasteiger partial charge in [0.15, 0.2) is 0 Å². The topological polar surface area (TPSA) is 54.3 Å². The zero-order valence-corrected chi connectivity index (χ0v) is 12.3. The van der Waals surface area contributed by atoms with Crippen molar-refractivity contribution in [3.63, 3.8) is 0 Å². The highest BCUT2D eigenvalue weighted by Gasteiger charge is 2.12. The molecule has 100 valence electrons. The van der Waals surface area contributed by atoms with E-state index in [1.165, 1.54) is 6.92 Å². The summed E-state index contributed by atoms with van der Waals surface area (Å²) in [6.45, 7) is 3.51. The SMILES string of the molecule is CC(=O)Nc1ccc(N[C@H](C)c2occc2Br)cc1. The molecule has 1 aromatic carbocycles. The van der Waals surface area contributed by atoms with E-state index in [9.17, 15) is 4.79 Å². The molecule has 0 saturated heterocycles. The standard InChI is InChI=1S/C14H15BrN2O2/c1-9(14-13(15)7-8-19-14)16-11-3-5-12(6-4-11)17-10(2)18/h3-9,16H,1-2H3,(H,17,18)/t9-/m1/s1. The summed E-state index contributed by atoms with van der Waals surface area (Å²) in [6.07, 6.45) is 1.65. The minimum Gasteiger partial charge on any atom is -0.466 e. The average Bonchev–Trinajstić information content (AvgIpc) is 2.77. The van der Waals surface area contributed by atoms with Crippen LogP contribution in [0.5, 0.6) is 0 Å². The first-order valence-electron chi connectivity index (χ1n) is 5.93. The molecule has 4 nitrogen and oxygen atoms in total. The first-order chi connectivity index (χ1) is 9.06. The summed E-state index contributed by atoms with van der Waals surface area (Å²) >= 11 is 3.44. The molecule has 0 aliphatic heterocycles. The van der Waals surface area contributed by atoms with Crippen LogP contribution in [-0.4, -0.2) is 5.91 Å². The lowest BCUT2D eigenvalue weighted by atomic mass is 10.2. The molecule has 0 fully saturated rings. The fraction of sp³-hybridized carbons (Fsp3) is 0.214. The predicted octanol–water partition coefficient (Wildman–Crippen LogP) is 4.17. The zero-order valence-electron chi connectivity index (χ0n) is 10.7. The molecule has 0 spiro atoms. The zero-order chi connectivity index (χ0) is 13.8. The van der Waals surface area contributed by atoms with Crippen molar-refractivity contribution in [1.82, 2.24) is 0 Å². The molecule has 0 saturated carbocycles. The Balaban J connectivity index is 2.03. The smallest absolute Gasteiger partial charge is 0.221 e. The number of benzene rings is 1. The van der Waals surface area contributed by atoms with E-state index in [0.717, 1.165) is 21.6 Å². The lowest BCUT2D eigenvalue weighted by Crippen LogP contribution is -2.07. The molecule has 1 heterocycles. The Morgan fingerprint density at radius 1 is 1.21 bits per heavy atom.